The van der Waals surface area contributed by atoms with Crippen LogP contribution >= 0.6 is 0 Å². The number of hydroxylamine groups is 2. The largest absolute Gasteiger partial charge is 0.460 e. The number of hydrogen-bond donors (Lipinski definition) is 2. The van der Waals surface area contributed by atoms with Crippen LogP contribution in [0.15, 0.2) is 0 Å². The van der Waals surface area contributed by atoms with E-state index in [1.807, 2.05) is 11.8 Å². The maximum atomic E-state index is 6.66. The molecule has 0 aromatic carbocycles. The highest BCUT2D eigenvalue weighted by Crippen LogP contribution is 2.41. The molecule has 1 saturated carbocycles. The average molecular weight is 534 g/mol. The SMILES string of the molecule is CCN(CN)c1nc(NC(C)(C)CC(C)(C)C)nc(OC2CC(C)(C)N(OC3CCCCC3)C(C)(C)C2)n1. The van der Waals surface area contributed by atoms with E-state index in [0.717, 1.165) is 32.1 Å². The van der Waals surface area contributed by atoms with Crippen molar-refractivity contribution in [3.63, 3.8) is 0 Å². The molecule has 0 radical (unpaired) electrons. The molecule has 0 spiro atoms. The molecule has 38 heavy (non-hydrogen) atoms. The lowest BCUT2D eigenvalue weighted by atomic mass is 9.80. The number of nitrogens with two attached hydrogens (primary N) is 1. The van der Waals surface area contributed by atoms with E-state index < -0.39 is 0 Å². The number of hydrogen-bond acceptors (Lipinski definition) is 9. The molecule has 1 aliphatic heterocycles. The molecule has 2 heterocycles. The Morgan fingerprint density at radius 3 is 2.08 bits per heavy atom. The van der Waals surface area contributed by atoms with Crippen molar-refractivity contribution < 1.29 is 9.57 Å². The molecule has 0 amide bonds. The fourth-order valence-corrected chi connectivity index (χ4v) is 6.63. The minimum atomic E-state index is -0.209. The summed E-state index contributed by atoms with van der Waals surface area (Å²) < 4.78 is 6.55. The zero-order chi connectivity index (χ0) is 28.4. The molecule has 9 heteroatoms. The standard InChI is InChI=1S/C29H55N7O2/c1-11-35(20-30)24-31-23(34-27(5,6)19-26(2,3)4)32-25(33-24)37-22-17-28(7,8)36(29(9,10)18-22)38-21-15-13-12-14-16-21/h21-22H,11-20,30H2,1-10H3,(H,31,32,33,34). The van der Waals surface area contributed by atoms with Crippen molar-refractivity contribution >= 4 is 11.9 Å². The lowest BCUT2D eigenvalue weighted by Gasteiger charge is -2.54. The number of nitrogens with zero attached hydrogens (tertiary/aromatic N) is 5. The molecule has 1 aromatic heterocycles. The van der Waals surface area contributed by atoms with Gasteiger partial charge in [-0.2, -0.15) is 20.0 Å². The van der Waals surface area contributed by atoms with Crippen molar-refractivity contribution in [2.45, 2.75) is 149 Å². The summed E-state index contributed by atoms with van der Waals surface area (Å²) in [6, 6.07) is 0.342. The summed E-state index contributed by atoms with van der Waals surface area (Å²) in [6.45, 7) is 23.1. The molecule has 1 aromatic rings. The first-order chi connectivity index (χ1) is 17.5. The Morgan fingerprint density at radius 2 is 1.55 bits per heavy atom. The third-order valence-corrected chi connectivity index (χ3v) is 7.54. The molecular weight excluding hydrogens is 478 g/mol. The first-order valence-electron chi connectivity index (χ1n) is 14.7. The Hall–Kier alpha value is -1.71. The lowest BCUT2D eigenvalue weighted by molar-refractivity contribution is -0.316. The minimum Gasteiger partial charge on any atom is -0.460 e. The monoisotopic (exact) mass is 533 g/mol. The lowest BCUT2D eigenvalue weighted by Crippen LogP contribution is -2.63. The van der Waals surface area contributed by atoms with E-state index in [1.54, 1.807) is 0 Å². The van der Waals surface area contributed by atoms with Crippen LogP contribution in [0.3, 0.4) is 0 Å². The first kappa shape index (κ1) is 30.8. The van der Waals surface area contributed by atoms with Gasteiger partial charge in [0.05, 0.1) is 12.8 Å². The van der Waals surface area contributed by atoms with Crippen LogP contribution in [0.2, 0.25) is 0 Å². The Balaban J connectivity index is 1.82. The van der Waals surface area contributed by atoms with Gasteiger partial charge < -0.3 is 20.7 Å². The normalized spacial score (nSPS) is 21.3. The second-order valence-corrected chi connectivity index (χ2v) is 14.5. The second kappa shape index (κ2) is 11.8. The zero-order valence-corrected chi connectivity index (χ0v) is 25.9. The maximum absolute atomic E-state index is 6.66. The quantitative estimate of drug-likeness (QED) is 0.356. The molecular formula is C29H55N7O2. The van der Waals surface area contributed by atoms with Crippen LogP contribution in [0.5, 0.6) is 6.01 Å². The molecule has 9 nitrogen and oxygen atoms in total. The number of anilines is 2. The molecule has 3 N–H and O–H groups in total. The molecule has 218 valence electrons. The Morgan fingerprint density at radius 1 is 0.947 bits per heavy atom. The molecule has 2 fully saturated rings. The third kappa shape index (κ3) is 8.39. The summed E-state index contributed by atoms with van der Waals surface area (Å²) in [6.07, 6.45) is 8.97. The van der Waals surface area contributed by atoms with Crippen LogP contribution in [0.25, 0.3) is 0 Å². The summed E-state index contributed by atoms with van der Waals surface area (Å²) in [4.78, 5) is 22.7. The van der Waals surface area contributed by atoms with Crippen molar-refractivity contribution in [3.05, 3.63) is 0 Å². The van der Waals surface area contributed by atoms with Crippen LogP contribution in [0.4, 0.5) is 11.9 Å². The van der Waals surface area contributed by atoms with Crippen LogP contribution in [0.1, 0.15) is 121 Å². The summed E-state index contributed by atoms with van der Waals surface area (Å²) in [5.41, 5.74) is 5.58. The summed E-state index contributed by atoms with van der Waals surface area (Å²) >= 11 is 0. The van der Waals surface area contributed by atoms with Crippen LogP contribution in [-0.2, 0) is 4.84 Å². The highest BCUT2D eigenvalue weighted by molar-refractivity contribution is 5.39. The summed E-state index contributed by atoms with van der Waals surface area (Å²) in [5, 5.41) is 5.80. The van der Waals surface area contributed by atoms with Gasteiger partial charge in [0.1, 0.15) is 6.10 Å². The number of rotatable bonds is 10. The van der Waals surface area contributed by atoms with Crippen molar-refractivity contribution in [2.24, 2.45) is 11.1 Å². The third-order valence-electron chi connectivity index (χ3n) is 7.54. The van der Waals surface area contributed by atoms with Gasteiger partial charge in [0, 0.05) is 36.0 Å². The van der Waals surface area contributed by atoms with Gasteiger partial charge in [-0.1, -0.05) is 40.0 Å². The van der Waals surface area contributed by atoms with Crippen molar-refractivity contribution in [1.82, 2.24) is 20.0 Å². The smallest absolute Gasteiger partial charge is 0.323 e. The van der Waals surface area contributed by atoms with Gasteiger partial charge >= 0.3 is 6.01 Å². The molecule has 2 aliphatic rings. The van der Waals surface area contributed by atoms with Gasteiger partial charge in [0.25, 0.3) is 0 Å². The number of aromatic nitrogens is 3. The van der Waals surface area contributed by atoms with E-state index in [2.05, 4.69) is 72.7 Å². The number of piperidine rings is 1. The van der Waals surface area contributed by atoms with Gasteiger partial charge in [-0.3, -0.25) is 4.84 Å². The zero-order valence-electron chi connectivity index (χ0n) is 25.9. The number of nitrogens with one attached hydrogen (secondary N) is 1. The Labute approximate surface area is 231 Å². The highest BCUT2D eigenvalue weighted by atomic mass is 16.7. The fourth-order valence-electron chi connectivity index (χ4n) is 6.63. The van der Waals surface area contributed by atoms with Crippen LogP contribution < -0.4 is 20.7 Å². The van der Waals surface area contributed by atoms with Gasteiger partial charge in [-0.25, -0.2) is 0 Å². The van der Waals surface area contributed by atoms with Gasteiger partial charge in [0.2, 0.25) is 11.9 Å². The van der Waals surface area contributed by atoms with Gasteiger partial charge in [-0.15, -0.1) is 0 Å². The van der Waals surface area contributed by atoms with E-state index in [4.69, 9.17) is 30.3 Å². The highest BCUT2D eigenvalue weighted by Gasteiger charge is 2.48. The average Bonchev–Trinajstić information content (AvgIpc) is 2.75. The van der Waals surface area contributed by atoms with Crippen molar-refractivity contribution in [1.29, 1.82) is 0 Å². The van der Waals surface area contributed by atoms with E-state index in [0.29, 0.717) is 37.2 Å². The molecule has 0 atom stereocenters. The van der Waals surface area contributed by atoms with Gasteiger partial charge in [-0.05, 0) is 73.1 Å². The predicted octanol–water partition coefficient (Wildman–Crippen LogP) is 5.91. The number of ether oxygens (including phenoxy) is 1. The van der Waals surface area contributed by atoms with E-state index in [1.165, 1.54) is 19.3 Å². The fraction of sp³-hybridized carbons (Fsp3) is 0.897. The predicted molar refractivity (Wildman–Crippen MR) is 155 cm³/mol. The van der Waals surface area contributed by atoms with E-state index in [-0.39, 0.29) is 28.1 Å². The molecule has 3 rings (SSSR count). The Bertz CT molecular complexity index is 885. The molecule has 0 bridgehead atoms. The Kier molecular flexibility index (Phi) is 9.58. The molecule has 1 aliphatic carbocycles. The molecule has 1 saturated heterocycles. The summed E-state index contributed by atoms with van der Waals surface area (Å²) in [7, 11) is 0. The summed E-state index contributed by atoms with van der Waals surface area (Å²) in [5.74, 6) is 1.05. The second-order valence-electron chi connectivity index (χ2n) is 14.5. The first-order valence-corrected chi connectivity index (χ1v) is 14.7. The minimum absolute atomic E-state index is 0.0511. The van der Waals surface area contributed by atoms with Gasteiger partial charge in [0.15, 0.2) is 0 Å². The van der Waals surface area contributed by atoms with Crippen LogP contribution in [0, 0.1) is 5.41 Å². The van der Waals surface area contributed by atoms with Crippen molar-refractivity contribution in [2.75, 3.05) is 23.4 Å². The molecule has 0 unspecified atom stereocenters. The topological polar surface area (TPSA) is 102 Å². The van der Waals surface area contributed by atoms with E-state index >= 15 is 0 Å². The van der Waals surface area contributed by atoms with E-state index in [9.17, 15) is 0 Å². The maximum Gasteiger partial charge on any atom is 0.323 e. The van der Waals surface area contributed by atoms with Crippen LogP contribution in [-0.4, -0.2) is 62.1 Å². The van der Waals surface area contributed by atoms with Crippen molar-refractivity contribution in [3.8, 4) is 6.01 Å².